The Balaban J connectivity index is 1.40. The third kappa shape index (κ3) is 3.74. The van der Waals surface area contributed by atoms with Crippen LogP contribution in [0.1, 0.15) is 41.4 Å². The molecule has 5 rings (SSSR count). The number of benzene rings is 1. The van der Waals surface area contributed by atoms with Gasteiger partial charge in [0.25, 0.3) is 0 Å². The molecule has 3 heterocycles. The van der Waals surface area contributed by atoms with Gasteiger partial charge in [-0.2, -0.15) is 0 Å². The molecule has 2 aromatic heterocycles. The lowest BCUT2D eigenvalue weighted by Crippen LogP contribution is -2.45. The van der Waals surface area contributed by atoms with Gasteiger partial charge in [-0.15, -0.1) is 0 Å². The molecule has 7 nitrogen and oxygen atoms in total. The third-order valence-electron chi connectivity index (χ3n) is 7.29. The molecule has 1 aliphatic carbocycles. The molecule has 4 N–H and O–H groups in total. The van der Waals surface area contributed by atoms with Crippen molar-refractivity contribution in [2.45, 2.75) is 38.8 Å². The van der Waals surface area contributed by atoms with Gasteiger partial charge in [0.15, 0.2) is 5.82 Å². The third-order valence-corrected chi connectivity index (χ3v) is 7.60. The molecule has 0 radical (unpaired) electrons. The minimum absolute atomic E-state index is 0.0681. The Hall–Kier alpha value is -2.74. The normalized spacial score (nSPS) is 19.1. The lowest BCUT2D eigenvalue weighted by Gasteiger charge is -2.43. The Morgan fingerprint density at radius 2 is 2.00 bits per heavy atom. The van der Waals surface area contributed by atoms with E-state index in [1.54, 1.807) is 19.3 Å². The number of hydrogen-bond donors (Lipinski definition) is 3. The molecule has 3 aromatic rings. The maximum atomic E-state index is 10.1. The summed E-state index contributed by atoms with van der Waals surface area (Å²) in [5.74, 6) is 1.43. The molecule has 172 valence electrons. The fourth-order valence-electron chi connectivity index (χ4n) is 5.37. The molecule has 1 fully saturated rings. The number of rotatable bonds is 4. The van der Waals surface area contributed by atoms with Crippen molar-refractivity contribution in [3.05, 3.63) is 64.1 Å². The summed E-state index contributed by atoms with van der Waals surface area (Å²) in [6, 6.07) is 10.4. The number of fused-ring (bicyclic) bond motifs is 1. The quantitative estimate of drug-likeness (QED) is 0.538. The highest BCUT2D eigenvalue weighted by atomic mass is 35.5. The van der Waals surface area contributed by atoms with Crippen LogP contribution in [0.25, 0.3) is 11.3 Å². The number of anilines is 2. The number of nitrogens with two attached hydrogens (primary N) is 1. The van der Waals surface area contributed by atoms with Crippen LogP contribution in [0.15, 0.2) is 36.5 Å². The second-order valence-electron chi connectivity index (χ2n) is 9.09. The molecule has 0 bridgehead atoms. The predicted octanol–water partition coefficient (Wildman–Crippen LogP) is 3.88. The van der Waals surface area contributed by atoms with Gasteiger partial charge in [-0.1, -0.05) is 35.9 Å². The Morgan fingerprint density at radius 1 is 1.24 bits per heavy atom. The molecular formula is C25H29ClN6O. The van der Waals surface area contributed by atoms with Crippen LogP contribution in [-0.4, -0.2) is 40.2 Å². The van der Waals surface area contributed by atoms with Crippen LogP contribution in [0.3, 0.4) is 0 Å². The highest BCUT2D eigenvalue weighted by Crippen LogP contribution is 2.51. The minimum atomic E-state index is -0.193. The number of hydrogen-bond acceptors (Lipinski definition) is 7. The van der Waals surface area contributed by atoms with Crippen LogP contribution in [0.5, 0.6) is 0 Å². The van der Waals surface area contributed by atoms with Crippen LogP contribution in [0.4, 0.5) is 11.6 Å². The van der Waals surface area contributed by atoms with E-state index in [9.17, 15) is 5.11 Å². The number of aliphatic hydroxyl groups is 1. The number of nitrogens with one attached hydrogen (secondary N) is 1. The first kappa shape index (κ1) is 22.1. The predicted molar refractivity (Wildman–Crippen MR) is 131 cm³/mol. The average molecular weight is 465 g/mol. The SMILES string of the molecule is CNc1cc(Cl)c(-c2nc(CO)c(N3CCC4(CC3)Cc3ccccc3[C@H]4N)nc2C)cn1. The van der Waals surface area contributed by atoms with Crippen molar-refractivity contribution < 1.29 is 5.11 Å². The molecule has 1 aromatic carbocycles. The van der Waals surface area contributed by atoms with Crippen molar-refractivity contribution in [3.8, 4) is 11.3 Å². The average Bonchev–Trinajstić information content (AvgIpc) is 3.11. The zero-order valence-electron chi connectivity index (χ0n) is 19.0. The minimum Gasteiger partial charge on any atom is -0.390 e. The van der Waals surface area contributed by atoms with E-state index in [0.29, 0.717) is 27.8 Å². The van der Waals surface area contributed by atoms with Crippen LogP contribution in [0.2, 0.25) is 5.02 Å². The van der Waals surface area contributed by atoms with Crippen molar-refractivity contribution in [2.24, 2.45) is 11.1 Å². The number of aryl methyl sites for hydroxylation is 1. The molecule has 33 heavy (non-hydrogen) atoms. The van der Waals surface area contributed by atoms with Gasteiger partial charge in [0.2, 0.25) is 0 Å². The van der Waals surface area contributed by atoms with E-state index in [2.05, 4.69) is 39.5 Å². The summed E-state index contributed by atoms with van der Waals surface area (Å²) < 4.78 is 0. The number of aliphatic hydroxyl groups excluding tert-OH is 1. The zero-order chi connectivity index (χ0) is 23.2. The summed E-state index contributed by atoms with van der Waals surface area (Å²) in [7, 11) is 1.79. The van der Waals surface area contributed by atoms with Gasteiger partial charge >= 0.3 is 0 Å². The maximum Gasteiger partial charge on any atom is 0.153 e. The Bertz CT molecular complexity index is 1190. The second-order valence-corrected chi connectivity index (χ2v) is 9.50. The molecule has 0 unspecified atom stereocenters. The first-order valence-corrected chi connectivity index (χ1v) is 11.7. The second kappa shape index (κ2) is 8.56. The molecule has 1 spiro atoms. The maximum absolute atomic E-state index is 10.1. The van der Waals surface area contributed by atoms with E-state index >= 15 is 0 Å². The van der Waals surface area contributed by atoms with Crippen molar-refractivity contribution in [3.63, 3.8) is 0 Å². The lowest BCUT2D eigenvalue weighted by molar-refractivity contribution is 0.186. The van der Waals surface area contributed by atoms with Crippen molar-refractivity contribution >= 4 is 23.2 Å². The molecule has 8 heteroatoms. The summed E-state index contributed by atoms with van der Waals surface area (Å²) in [4.78, 5) is 16.2. The van der Waals surface area contributed by atoms with Gasteiger partial charge in [0, 0.05) is 37.9 Å². The highest BCUT2D eigenvalue weighted by molar-refractivity contribution is 6.33. The molecule has 1 atom stereocenters. The number of piperidine rings is 1. The van der Waals surface area contributed by atoms with E-state index < -0.39 is 0 Å². The molecule has 1 saturated heterocycles. The van der Waals surface area contributed by atoms with Gasteiger partial charge in [0.1, 0.15) is 11.5 Å². The van der Waals surface area contributed by atoms with Crippen LogP contribution >= 0.6 is 11.6 Å². The first-order valence-electron chi connectivity index (χ1n) is 11.4. The summed E-state index contributed by atoms with van der Waals surface area (Å²) in [5.41, 5.74) is 12.2. The highest BCUT2D eigenvalue weighted by Gasteiger charge is 2.46. The van der Waals surface area contributed by atoms with Gasteiger partial charge < -0.3 is 21.1 Å². The summed E-state index contributed by atoms with van der Waals surface area (Å²) >= 11 is 6.49. The monoisotopic (exact) mass is 464 g/mol. The Morgan fingerprint density at radius 3 is 2.67 bits per heavy atom. The van der Waals surface area contributed by atoms with Crippen molar-refractivity contribution in [1.29, 1.82) is 0 Å². The van der Waals surface area contributed by atoms with E-state index in [4.69, 9.17) is 27.3 Å². The van der Waals surface area contributed by atoms with Gasteiger partial charge in [0.05, 0.1) is 23.0 Å². The molecule has 2 aliphatic rings. The fraction of sp³-hybridized carbons (Fsp3) is 0.400. The molecular weight excluding hydrogens is 436 g/mol. The number of nitrogens with zero attached hydrogens (tertiary/aromatic N) is 4. The van der Waals surface area contributed by atoms with Crippen molar-refractivity contribution in [2.75, 3.05) is 30.4 Å². The number of halogens is 1. The zero-order valence-corrected chi connectivity index (χ0v) is 19.7. The molecule has 0 saturated carbocycles. The largest absolute Gasteiger partial charge is 0.390 e. The fourth-order valence-corrected chi connectivity index (χ4v) is 5.61. The summed E-state index contributed by atoms with van der Waals surface area (Å²) in [5, 5.41) is 13.6. The number of aromatic nitrogens is 3. The molecule has 0 amide bonds. The van der Waals surface area contributed by atoms with Gasteiger partial charge in [-0.25, -0.2) is 15.0 Å². The van der Waals surface area contributed by atoms with Gasteiger partial charge in [-0.05, 0) is 48.8 Å². The van der Waals surface area contributed by atoms with E-state index in [0.717, 1.165) is 43.9 Å². The standard InChI is InChI=1S/C25H29ClN6O/c1-15-22(18-13-29-21(28-2)11-19(18)26)31-20(14-33)24(30-15)32-9-7-25(8-10-32)12-16-5-3-4-6-17(16)23(25)27/h3-6,11,13,23,33H,7-10,12,14,27H2,1-2H3,(H,28,29)/t23-/m1/s1. The molecule has 1 aliphatic heterocycles. The van der Waals surface area contributed by atoms with Crippen LogP contribution in [-0.2, 0) is 13.0 Å². The first-order chi connectivity index (χ1) is 16.0. The Kier molecular flexibility index (Phi) is 5.72. The van der Waals surface area contributed by atoms with Crippen molar-refractivity contribution in [1.82, 2.24) is 15.0 Å². The number of pyridine rings is 1. The van der Waals surface area contributed by atoms with Gasteiger partial charge in [-0.3, -0.25) is 0 Å². The van der Waals surface area contributed by atoms with Crippen LogP contribution in [0, 0.1) is 12.3 Å². The van der Waals surface area contributed by atoms with E-state index in [1.807, 2.05) is 6.92 Å². The van der Waals surface area contributed by atoms with Crippen LogP contribution < -0.4 is 16.0 Å². The smallest absolute Gasteiger partial charge is 0.153 e. The topological polar surface area (TPSA) is 100 Å². The summed E-state index contributed by atoms with van der Waals surface area (Å²) in [6.45, 7) is 3.40. The Labute approximate surface area is 199 Å². The van der Waals surface area contributed by atoms with E-state index in [1.165, 1.54) is 11.1 Å². The summed E-state index contributed by atoms with van der Waals surface area (Å²) in [6.07, 6.45) is 4.69. The van der Waals surface area contributed by atoms with E-state index in [-0.39, 0.29) is 18.1 Å². The lowest BCUT2D eigenvalue weighted by atomic mass is 9.73.